The summed E-state index contributed by atoms with van der Waals surface area (Å²) in [6, 6.07) is 5.65. The molecular weight excluding hydrogens is 350 g/mol. The molecule has 0 aliphatic rings. The highest BCUT2D eigenvalue weighted by Crippen LogP contribution is 2.25. The number of amides is 1. The highest BCUT2D eigenvalue weighted by Gasteiger charge is 2.15. The number of benzene rings is 1. The summed E-state index contributed by atoms with van der Waals surface area (Å²) < 4.78 is 6.30. The third-order valence-corrected chi connectivity index (χ3v) is 2.87. The van der Waals surface area contributed by atoms with Crippen LogP contribution in [0, 0.1) is 20.2 Å². The van der Waals surface area contributed by atoms with Crippen LogP contribution in [0.25, 0.3) is 0 Å². The SMILES string of the molecule is C/C(Cn1cnc([N+](=O)[O-])n1)=N/NC(=O)COc1ccccc1[N+](=O)[O-]. The Kier molecular flexibility index (Phi) is 5.87. The van der Waals surface area contributed by atoms with E-state index in [-0.39, 0.29) is 18.0 Å². The minimum Gasteiger partial charge on any atom is -0.477 e. The van der Waals surface area contributed by atoms with Crippen molar-refractivity contribution in [2.24, 2.45) is 5.10 Å². The fraction of sp³-hybridized carbons (Fsp3) is 0.231. The summed E-state index contributed by atoms with van der Waals surface area (Å²) in [7, 11) is 0. The number of rotatable bonds is 8. The molecule has 13 nitrogen and oxygen atoms in total. The zero-order chi connectivity index (χ0) is 19.1. The number of carbonyl (C=O) groups is 1. The Balaban J connectivity index is 1.86. The maximum absolute atomic E-state index is 11.7. The maximum atomic E-state index is 11.7. The first-order valence-corrected chi connectivity index (χ1v) is 7.09. The van der Waals surface area contributed by atoms with Crippen molar-refractivity contribution in [1.82, 2.24) is 20.2 Å². The van der Waals surface area contributed by atoms with Gasteiger partial charge in [0, 0.05) is 11.2 Å². The van der Waals surface area contributed by atoms with Gasteiger partial charge in [0.2, 0.25) is 6.33 Å². The Morgan fingerprint density at radius 2 is 2.04 bits per heavy atom. The van der Waals surface area contributed by atoms with Gasteiger partial charge in [-0.1, -0.05) is 17.1 Å². The van der Waals surface area contributed by atoms with E-state index in [0.717, 1.165) is 6.33 Å². The third kappa shape index (κ3) is 5.05. The summed E-state index contributed by atoms with van der Waals surface area (Å²) >= 11 is 0. The van der Waals surface area contributed by atoms with Gasteiger partial charge in [-0.15, -0.1) is 0 Å². The molecule has 0 fully saturated rings. The van der Waals surface area contributed by atoms with Crippen molar-refractivity contribution < 1.29 is 19.4 Å². The predicted octanol–water partition coefficient (Wildman–Crippen LogP) is 0.666. The van der Waals surface area contributed by atoms with Crippen LogP contribution in [0.2, 0.25) is 0 Å². The van der Waals surface area contributed by atoms with Crippen LogP contribution in [-0.4, -0.2) is 42.8 Å². The zero-order valence-electron chi connectivity index (χ0n) is 13.4. The topological polar surface area (TPSA) is 168 Å². The lowest BCUT2D eigenvalue weighted by atomic mass is 10.3. The summed E-state index contributed by atoms with van der Waals surface area (Å²) in [4.78, 5) is 35.2. The Morgan fingerprint density at radius 1 is 1.31 bits per heavy atom. The number of para-hydroxylation sites is 2. The predicted molar refractivity (Wildman–Crippen MR) is 86.5 cm³/mol. The van der Waals surface area contributed by atoms with Crippen LogP contribution in [0.4, 0.5) is 11.6 Å². The molecular formula is C13H13N7O6. The van der Waals surface area contributed by atoms with Crippen molar-refractivity contribution in [3.05, 3.63) is 50.8 Å². The van der Waals surface area contributed by atoms with E-state index in [0.29, 0.717) is 5.71 Å². The molecule has 0 aliphatic carbocycles. The minimum absolute atomic E-state index is 0.0386. The Hall–Kier alpha value is -3.90. The van der Waals surface area contributed by atoms with Gasteiger partial charge in [-0.3, -0.25) is 14.9 Å². The van der Waals surface area contributed by atoms with Crippen LogP contribution in [0.1, 0.15) is 6.92 Å². The molecule has 0 saturated carbocycles. The summed E-state index contributed by atoms with van der Waals surface area (Å²) in [5, 5.41) is 28.7. The van der Waals surface area contributed by atoms with E-state index in [1.165, 1.54) is 22.9 Å². The first kappa shape index (κ1) is 18.4. The largest absolute Gasteiger partial charge is 0.490 e. The van der Waals surface area contributed by atoms with Gasteiger partial charge >= 0.3 is 11.6 Å². The number of hydrogen-bond donors (Lipinski definition) is 1. The summed E-state index contributed by atoms with van der Waals surface area (Å²) in [5.74, 6) is -1.21. The highest BCUT2D eigenvalue weighted by molar-refractivity contribution is 5.84. The van der Waals surface area contributed by atoms with Crippen molar-refractivity contribution in [3.8, 4) is 5.75 Å². The molecule has 1 heterocycles. The first-order chi connectivity index (χ1) is 12.4. The van der Waals surface area contributed by atoms with Crippen LogP contribution < -0.4 is 10.2 Å². The molecule has 0 saturated heterocycles. The van der Waals surface area contributed by atoms with Crippen LogP contribution in [-0.2, 0) is 11.3 Å². The number of nitro benzene ring substituents is 1. The Bertz CT molecular complexity index is 862. The van der Waals surface area contributed by atoms with Gasteiger partial charge in [-0.25, -0.2) is 5.43 Å². The van der Waals surface area contributed by atoms with Crippen LogP contribution in [0.15, 0.2) is 35.7 Å². The van der Waals surface area contributed by atoms with Crippen molar-refractivity contribution in [1.29, 1.82) is 0 Å². The molecule has 1 amide bonds. The average Bonchev–Trinajstić information content (AvgIpc) is 3.07. The molecule has 0 atom stereocenters. The second-order valence-electron chi connectivity index (χ2n) is 4.89. The van der Waals surface area contributed by atoms with E-state index in [4.69, 9.17) is 4.74 Å². The van der Waals surface area contributed by atoms with Gasteiger partial charge in [-0.2, -0.15) is 9.78 Å². The van der Waals surface area contributed by atoms with Gasteiger partial charge in [0.05, 0.1) is 17.2 Å². The number of hydrazone groups is 1. The van der Waals surface area contributed by atoms with Crippen molar-refractivity contribution in [2.45, 2.75) is 13.5 Å². The lowest BCUT2D eigenvalue weighted by Gasteiger charge is -2.05. The van der Waals surface area contributed by atoms with Crippen molar-refractivity contribution in [3.63, 3.8) is 0 Å². The lowest BCUT2D eigenvalue weighted by Crippen LogP contribution is -2.26. The van der Waals surface area contributed by atoms with Gasteiger partial charge < -0.3 is 14.9 Å². The average molecular weight is 363 g/mol. The van der Waals surface area contributed by atoms with E-state index in [2.05, 4.69) is 20.6 Å². The standard InChI is InChI=1S/C13H13N7O6/c1-9(6-18-8-14-13(17-18)20(24)25)15-16-12(21)7-26-11-5-3-2-4-10(11)19(22)23/h2-5,8H,6-7H2,1H3,(H,16,21)/b15-9-. The number of nitrogens with zero attached hydrogens (tertiary/aromatic N) is 6. The molecule has 2 rings (SSSR count). The van der Waals surface area contributed by atoms with Gasteiger partial charge in [-0.05, 0) is 17.9 Å². The molecule has 0 spiro atoms. The molecule has 0 bridgehead atoms. The van der Waals surface area contributed by atoms with E-state index < -0.39 is 28.3 Å². The summed E-state index contributed by atoms with van der Waals surface area (Å²) in [5.41, 5.74) is 2.35. The number of nitrogens with one attached hydrogen (secondary N) is 1. The molecule has 0 radical (unpaired) electrons. The Morgan fingerprint density at radius 3 is 2.69 bits per heavy atom. The minimum atomic E-state index is -0.731. The molecule has 0 unspecified atom stereocenters. The number of nitro groups is 2. The van der Waals surface area contributed by atoms with Crippen molar-refractivity contribution in [2.75, 3.05) is 6.61 Å². The van der Waals surface area contributed by atoms with E-state index in [9.17, 15) is 25.0 Å². The zero-order valence-corrected chi connectivity index (χ0v) is 13.4. The number of carbonyl (C=O) groups excluding carboxylic acids is 1. The normalized spacial score (nSPS) is 11.0. The number of hydrogen-bond acceptors (Lipinski definition) is 9. The third-order valence-electron chi connectivity index (χ3n) is 2.87. The summed E-state index contributed by atoms with van der Waals surface area (Å²) in [6.07, 6.45) is 1.16. The molecule has 1 aromatic heterocycles. The fourth-order valence-corrected chi connectivity index (χ4v) is 1.78. The monoisotopic (exact) mass is 363 g/mol. The van der Waals surface area contributed by atoms with Crippen LogP contribution >= 0.6 is 0 Å². The van der Waals surface area contributed by atoms with E-state index in [1.54, 1.807) is 13.0 Å². The Labute approximate surface area is 145 Å². The van der Waals surface area contributed by atoms with E-state index in [1.807, 2.05) is 0 Å². The second kappa shape index (κ2) is 8.27. The first-order valence-electron chi connectivity index (χ1n) is 7.09. The number of aromatic nitrogens is 3. The molecule has 26 heavy (non-hydrogen) atoms. The summed E-state index contributed by atoms with van der Waals surface area (Å²) in [6.45, 7) is 1.17. The van der Waals surface area contributed by atoms with Crippen molar-refractivity contribution >= 4 is 23.3 Å². The molecule has 2 aromatic rings. The number of ether oxygens (including phenoxy) is 1. The molecule has 1 N–H and O–H groups in total. The quantitative estimate of drug-likeness (QED) is 0.405. The molecule has 1 aromatic carbocycles. The molecule has 136 valence electrons. The van der Waals surface area contributed by atoms with Crippen LogP contribution in [0.3, 0.4) is 0 Å². The van der Waals surface area contributed by atoms with Gasteiger partial charge in [0.15, 0.2) is 12.4 Å². The molecule has 13 heteroatoms. The highest BCUT2D eigenvalue weighted by atomic mass is 16.6. The smallest absolute Gasteiger partial charge is 0.477 e. The maximum Gasteiger partial charge on any atom is 0.490 e. The van der Waals surface area contributed by atoms with Crippen LogP contribution in [0.5, 0.6) is 5.75 Å². The molecule has 0 aliphatic heterocycles. The second-order valence-corrected chi connectivity index (χ2v) is 4.89. The van der Waals surface area contributed by atoms with Gasteiger partial charge in [0.25, 0.3) is 5.91 Å². The lowest BCUT2D eigenvalue weighted by molar-refractivity contribution is -0.394. The fourth-order valence-electron chi connectivity index (χ4n) is 1.78. The van der Waals surface area contributed by atoms with Gasteiger partial charge in [0.1, 0.15) is 0 Å². The van der Waals surface area contributed by atoms with E-state index >= 15 is 0 Å².